The van der Waals surface area contributed by atoms with Gasteiger partial charge < -0.3 is 0 Å². The highest BCUT2D eigenvalue weighted by atomic mass is 35.5. The van der Waals surface area contributed by atoms with Crippen LogP contribution in [0.2, 0.25) is 5.02 Å². The number of halogens is 3. The molecule has 128 valence electrons. The molecule has 0 bridgehead atoms. The predicted octanol–water partition coefficient (Wildman–Crippen LogP) is 5.25. The van der Waals surface area contributed by atoms with Crippen LogP contribution < -0.4 is 0 Å². The third kappa shape index (κ3) is 2.84. The summed E-state index contributed by atoms with van der Waals surface area (Å²) in [5, 5.41) is 0.293. The van der Waals surface area contributed by atoms with E-state index in [1.165, 1.54) is 12.1 Å². The van der Waals surface area contributed by atoms with E-state index >= 15 is 0 Å². The monoisotopic (exact) mass is 370 g/mol. The maximum absolute atomic E-state index is 14.5. The van der Waals surface area contributed by atoms with Gasteiger partial charge in [0.2, 0.25) is 0 Å². The van der Waals surface area contributed by atoms with E-state index in [1.807, 2.05) is 0 Å². The van der Waals surface area contributed by atoms with E-state index in [1.54, 1.807) is 12.1 Å². The van der Waals surface area contributed by atoms with Gasteiger partial charge in [-0.2, -0.15) is 0 Å². The van der Waals surface area contributed by atoms with Crippen LogP contribution in [0, 0.1) is 11.6 Å². The molecule has 1 aliphatic carbocycles. The smallest absolute Gasteiger partial charge is 0.188 e. The zero-order valence-corrected chi connectivity index (χ0v) is 14.5. The fourth-order valence-corrected chi connectivity index (χ4v) is 6.03. The molecule has 0 unspecified atom stereocenters. The zero-order valence-electron chi connectivity index (χ0n) is 12.9. The Morgan fingerprint density at radius 2 is 1.67 bits per heavy atom. The number of benzene rings is 2. The fraction of sp³-hybridized carbons (Fsp3) is 0.333. The van der Waals surface area contributed by atoms with Crippen LogP contribution in [0.4, 0.5) is 8.78 Å². The van der Waals surface area contributed by atoms with Gasteiger partial charge in [-0.05, 0) is 49.2 Å². The van der Waals surface area contributed by atoms with E-state index in [-0.39, 0.29) is 23.3 Å². The molecule has 0 radical (unpaired) electrons. The van der Waals surface area contributed by atoms with Gasteiger partial charge in [-0.25, -0.2) is 17.2 Å². The summed E-state index contributed by atoms with van der Waals surface area (Å²) in [7, 11) is -3.93. The summed E-state index contributed by atoms with van der Waals surface area (Å²) in [5.41, 5.74) is -0.0813. The minimum absolute atomic E-state index is 0.0422. The third-order valence-corrected chi connectivity index (χ3v) is 7.47. The van der Waals surface area contributed by atoms with Crippen molar-refractivity contribution in [3.8, 4) is 0 Å². The molecule has 1 saturated carbocycles. The first-order valence-electron chi connectivity index (χ1n) is 7.83. The summed E-state index contributed by atoms with van der Waals surface area (Å²) in [6, 6.07) is 8.96. The van der Waals surface area contributed by atoms with E-state index < -0.39 is 26.2 Å². The standard InChI is InChI=1S/C18H17ClF2O2S/c19-13-5-4-6-15(11-13)24(22,23)18(9-2-1-3-10-18)16-12-14(20)7-8-17(16)21/h4-8,11-12H,1-3,9-10H2. The molecular formula is C18H17ClF2O2S. The Labute approximate surface area is 145 Å². The molecule has 0 heterocycles. The molecule has 1 fully saturated rings. The molecule has 0 N–H and O–H groups in total. The van der Waals surface area contributed by atoms with Crippen molar-refractivity contribution in [2.45, 2.75) is 41.7 Å². The van der Waals surface area contributed by atoms with Crippen LogP contribution in [0.25, 0.3) is 0 Å². The molecule has 24 heavy (non-hydrogen) atoms. The van der Waals surface area contributed by atoms with Crippen LogP contribution in [-0.2, 0) is 14.6 Å². The molecule has 3 rings (SSSR count). The van der Waals surface area contributed by atoms with Crippen molar-refractivity contribution in [2.24, 2.45) is 0 Å². The first-order chi connectivity index (χ1) is 11.4. The first-order valence-corrected chi connectivity index (χ1v) is 9.69. The molecule has 1 aliphatic rings. The van der Waals surface area contributed by atoms with E-state index in [9.17, 15) is 17.2 Å². The summed E-state index contributed by atoms with van der Waals surface area (Å²) in [5.74, 6) is -1.33. The summed E-state index contributed by atoms with van der Waals surface area (Å²) >= 11 is 5.94. The van der Waals surface area contributed by atoms with E-state index in [0.717, 1.165) is 24.6 Å². The summed E-state index contributed by atoms with van der Waals surface area (Å²) < 4.78 is 53.5. The average molecular weight is 371 g/mol. The first kappa shape index (κ1) is 17.4. The SMILES string of the molecule is O=S(=O)(c1cccc(Cl)c1)C1(c2cc(F)ccc2F)CCCCC1. The Bertz CT molecular complexity index is 859. The Morgan fingerprint density at radius 3 is 2.33 bits per heavy atom. The van der Waals surface area contributed by atoms with Crippen molar-refractivity contribution in [1.82, 2.24) is 0 Å². The largest absolute Gasteiger partial charge is 0.223 e. The number of sulfone groups is 1. The van der Waals surface area contributed by atoms with Gasteiger partial charge in [-0.3, -0.25) is 0 Å². The van der Waals surface area contributed by atoms with Gasteiger partial charge in [0.1, 0.15) is 16.4 Å². The van der Waals surface area contributed by atoms with E-state index in [2.05, 4.69) is 0 Å². The Kier molecular flexibility index (Phi) is 4.67. The van der Waals surface area contributed by atoms with Crippen molar-refractivity contribution in [2.75, 3.05) is 0 Å². The second-order valence-corrected chi connectivity index (χ2v) is 8.84. The summed E-state index contributed by atoms with van der Waals surface area (Å²) in [4.78, 5) is 0.0422. The van der Waals surface area contributed by atoms with Crippen LogP contribution in [0.15, 0.2) is 47.4 Å². The van der Waals surface area contributed by atoms with Crippen LogP contribution in [0.5, 0.6) is 0 Å². The van der Waals surface area contributed by atoms with Gasteiger partial charge in [-0.15, -0.1) is 0 Å². The van der Waals surface area contributed by atoms with Crippen LogP contribution >= 0.6 is 11.6 Å². The molecule has 2 aromatic rings. The molecule has 0 spiro atoms. The van der Waals surface area contributed by atoms with E-state index in [4.69, 9.17) is 11.6 Å². The molecule has 0 saturated heterocycles. The minimum atomic E-state index is -3.93. The van der Waals surface area contributed by atoms with Crippen molar-refractivity contribution in [3.05, 3.63) is 64.7 Å². The van der Waals surface area contributed by atoms with Crippen LogP contribution in [-0.4, -0.2) is 8.42 Å². The van der Waals surface area contributed by atoms with Crippen LogP contribution in [0.1, 0.15) is 37.7 Å². The molecule has 0 aromatic heterocycles. The second kappa shape index (κ2) is 6.45. The zero-order chi connectivity index (χ0) is 17.4. The van der Waals surface area contributed by atoms with Gasteiger partial charge >= 0.3 is 0 Å². The maximum atomic E-state index is 14.5. The van der Waals surface area contributed by atoms with Crippen LogP contribution in [0.3, 0.4) is 0 Å². The number of hydrogen-bond donors (Lipinski definition) is 0. The molecule has 0 atom stereocenters. The molecule has 0 amide bonds. The van der Waals surface area contributed by atoms with Gasteiger partial charge in [0.25, 0.3) is 0 Å². The fourth-order valence-electron chi connectivity index (χ4n) is 3.51. The summed E-state index contributed by atoms with van der Waals surface area (Å²) in [6.07, 6.45) is 2.71. The average Bonchev–Trinajstić information content (AvgIpc) is 2.57. The maximum Gasteiger partial charge on any atom is 0.188 e. The van der Waals surface area contributed by atoms with Crippen molar-refractivity contribution >= 4 is 21.4 Å². The Morgan fingerprint density at radius 1 is 0.958 bits per heavy atom. The van der Waals surface area contributed by atoms with Gasteiger partial charge in [0.15, 0.2) is 9.84 Å². The lowest BCUT2D eigenvalue weighted by atomic mass is 9.82. The second-order valence-electron chi connectivity index (χ2n) is 6.14. The van der Waals surface area contributed by atoms with Gasteiger partial charge in [0.05, 0.1) is 4.90 Å². The molecule has 2 aromatic carbocycles. The normalized spacial score (nSPS) is 17.6. The molecule has 2 nitrogen and oxygen atoms in total. The van der Waals surface area contributed by atoms with Gasteiger partial charge in [0, 0.05) is 10.6 Å². The van der Waals surface area contributed by atoms with Gasteiger partial charge in [-0.1, -0.05) is 36.9 Å². The number of rotatable bonds is 3. The lowest BCUT2D eigenvalue weighted by Gasteiger charge is -2.37. The highest BCUT2D eigenvalue weighted by molar-refractivity contribution is 7.92. The Balaban J connectivity index is 2.25. The van der Waals surface area contributed by atoms with Crippen molar-refractivity contribution in [1.29, 1.82) is 0 Å². The molecule has 0 aliphatic heterocycles. The lowest BCUT2D eigenvalue weighted by molar-refractivity contribution is 0.367. The topological polar surface area (TPSA) is 34.1 Å². The Hall–Kier alpha value is -1.46. The predicted molar refractivity (Wildman–Crippen MR) is 89.8 cm³/mol. The lowest BCUT2D eigenvalue weighted by Crippen LogP contribution is -2.39. The molecule has 6 heteroatoms. The minimum Gasteiger partial charge on any atom is -0.223 e. The summed E-state index contributed by atoms with van der Waals surface area (Å²) in [6.45, 7) is 0. The number of hydrogen-bond acceptors (Lipinski definition) is 2. The highest BCUT2D eigenvalue weighted by Gasteiger charge is 2.48. The van der Waals surface area contributed by atoms with Crippen molar-refractivity contribution < 1.29 is 17.2 Å². The van der Waals surface area contributed by atoms with E-state index in [0.29, 0.717) is 17.9 Å². The third-order valence-electron chi connectivity index (χ3n) is 4.70. The highest BCUT2D eigenvalue weighted by Crippen LogP contribution is 2.48. The quantitative estimate of drug-likeness (QED) is 0.739. The van der Waals surface area contributed by atoms with Crippen molar-refractivity contribution in [3.63, 3.8) is 0 Å². The molecular weight excluding hydrogens is 354 g/mol.